The normalized spacial score (nSPS) is 24.2. The number of hydrogen-bond acceptors (Lipinski definition) is 6. The van der Waals surface area contributed by atoms with Gasteiger partial charge in [0.1, 0.15) is 11.5 Å². The van der Waals surface area contributed by atoms with Crippen LogP contribution in [-0.4, -0.2) is 47.8 Å². The summed E-state index contributed by atoms with van der Waals surface area (Å²) in [4.78, 5) is 12.6. The maximum absolute atomic E-state index is 5.82. The molecule has 0 bridgehead atoms. The second-order valence-corrected chi connectivity index (χ2v) is 8.25. The van der Waals surface area contributed by atoms with Gasteiger partial charge in [-0.1, -0.05) is 0 Å². The topological polar surface area (TPSA) is 93.0 Å². The van der Waals surface area contributed by atoms with Gasteiger partial charge in [-0.3, -0.25) is 4.40 Å². The first kappa shape index (κ1) is 16.9. The Bertz CT molecular complexity index is 1200. The first-order valence-electron chi connectivity index (χ1n) is 10.3. The number of aromatic nitrogens is 6. The number of H-pyrrole nitrogens is 1. The Labute approximate surface area is 167 Å². The van der Waals surface area contributed by atoms with Crippen molar-refractivity contribution in [2.24, 2.45) is 0 Å². The zero-order valence-electron chi connectivity index (χ0n) is 16.4. The number of hydrogen-bond donors (Lipinski definition) is 2. The molecule has 4 aromatic heterocycles. The van der Waals surface area contributed by atoms with Crippen molar-refractivity contribution in [3.8, 4) is 11.1 Å². The van der Waals surface area contributed by atoms with E-state index in [0.29, 0.717) is 12.0 Å². The molecule has 8 nitrogen and oxygen atoms in total. The van der Waals surface area contributed by atoms with Crippen LogP contribution in [0.3, 0.4) is 0 Å². The van der Waals surface area contributed by atoms with Crippen LogP contribution < -0.4 is 5.32 Å². The fourth-order valence-corrected chi connectivity index (χ4v) is 4.64. The summed E-state index contributed by atoms with van der Waals surface area (Å²) in [7, 11) is 0. The lowest BCUT2D eigenvalue weighted by atomic mass is 9.77. The highest BCUT2D eigenvalue weighted by molar-refractivity contribution is 5.93. The molecule has 148 valence electrons. The van der Waals surface area contributed by atoms with Gasteiger partial charge < -0.3 is 15.0 Å². The molecule has 8 heteroatoms. The summed E-state index contributed by atoms with van der Waals surface area (Å²) < 4.78 is 7.81. The standard InChI is InChI=1S/C21H23N7O/c1-13-26-27-18-3-2-14(12-28(13)18)16-10-22-19-17(16)11-23-20(25-19)24-15-4-6-21(7-5-15)8-9-29-21/h2-3,10-12,15H,4-9H2,1H3,(H2,22,23,24,25)/t15-,21+. The molecule has 2 aliphatic rings. The van der Waals surface area contributed by atoms with Crippen LogP contribution in [0.5, 0.6) is 0 Å². The van der Waals surface area contributed by atoms with E-state index >= 15 is 0 Å². The first-order chi connectivity index (χ1) is 14.2. The molecule has 0 amide bonds. The van der Waals surface area contributed by atoms with Crippen molar-refractivity contribution in [2.45, 2.75) is 50.7 Å². The van der Waals surface area contributed by atoms with Gasteiger partial charge in [0.15, 0.2) is 5.65 Å². The van der Waals surface area contributed by atoms with Crippen molar-refractivity contribution in [2.75, 3.05) is 11.9 Å². The third-order valence-corrected chi connectivity index (χ3v) is 6.51. The van der Waals surface area contributed by atoms with Crippen LogP contribution in [0, 0.1) is 6.92 Å². The SMILES string of the molecule is Cc1nnc2ccc(-c3c[nH]c4nc(N[C@H]5CC[C@]6(CCO6)CC5)ncc34)cn12. The lowest BCUT2D eigenvalue weighted by molar-refractivity contribution is -0.165. The van der Waals surface area contributed by atoms with Crippen LogP contribution in [0.25, 0.3) is 27.8 Å². The number of rotatable bonds is 3. The predicted molar refractivity (Wildman–Crippen MR) is 110 cm³/mol. The van der Waals surface area contributed by atoms with Crippen molar-refractivity contribution in [3.05, 3.63) is 36.5 Å². The van der Waals surface area contributed by atoms with E-state index < -0.39 is 0 Å². The summed E-state index contributed by atoms with van der Waals surface area (Å²) in [5.41, 5.74) is 4.02. The second kappa shape index (κ2) is 6.25. The minimum atomic E-state index is 0.182. The van der Waals surface area contributed by atoms with E-state index in [4.69, 9.17) is 9.72 Å². The molecule has 0 atom stereocenters. The van der Waals surface area contributed by atoms with E-state index in [2.05, 4.69) is 37.7 Å². The largest absolute Gasteiger partial charge is 0.375 e. The van der Waals surface area contributed by atoms with Crippen molar-refractivity contribution >= 4 is 22.6 Å². The van der Waals surface area contributed by atoms with Crippen LogP contribution in [0.4, 0.5) is 5.95 Å². The van der Waals surface area contributed by atoms with Gasteiger partial charge >= 0.3 is 0 Å². The Morgan fingerprint density at radius 3 is 2.86 bits per heavy atom. The number of fused-ring (bicyclic) bond motifs is 2. The lowest BCUT2D eigenvalue weighted by Crippen LogP contribution is -2.48. The van der Waals surface area contributed by atoms with Crippen molar-refractivity contribution < 1.29 is 4.74 Å². The van der Waals surface area contributed by atoms with E-state index in [1.165, 1.54) is 6.42 Å². The van der Waals surface area contributed by atoms with Crippen LogP contribution >= 0.6 is 0 Å². The maximum atomic E-state index is 5.82. The van der Waals surface area contributed by atoms with Crippen LogP contribution in [0.15, 0.2) is 30.7 Å². The zero-order valence-corrected chi connectivity index (χ0v) is 16.4. The summed E-state index contributed by atoms with van der Waals surface area (Å²) in [5.74, 6) is 1.55. The number of aromatic amines is 1. The molecule has 2 fully saturated rings. The van der Waals surface area contributed by atoms with Gasteiger partial charge in [0.05, 0.1) is 12.2 Å². The summed E-state index contributed by atoms with van der Waals surface area (Å²) in [5, 5.41) is 12.8. The summed E-state index contributed by atoms with van der Waals surface area (Å²) in [6, 6.07) is 4.45. The van der Waals surface area contributed by atoms with Gasteiger partial charge in [-0.05, 0) is 51.2 Å². The van der Waals surface area contributed by atoms with Crippen LogP contribution in [-0.2, 0) is 4.74 Å². The first-order valence-corrected chi connectivity index (χ1v) is 10.3. The number of anilines is 1. The number of pyridine rings is 1. The molecule has 5 heterocycles. The van der Waals surface area contributed by atoms with Gasteiger partial charge in [0, 0.05) is 41.1 Å². The molecule has 0 radical (unpaired) electrons. The third kappa shape index (κ3) is 2.78. The molecule has 1 aliphatic carbocycles. The fourth-order valence-electron chi connectivity index (χ4n) is 4.64. The quantitative estimate of drug-likeness (QED) is 0.557. The highest BCUT2D eigenvalue weighted by Crippen LogP contribution is 2.41. The molecule has 0 unspecified atom stereocenters. The minimum Gasteiger partial charge on any atom is -0.375 e. The molecule has 1 saturated carbocycles. The number of nitrogens with one attached hydrogen (secondary N) is 2. The van der Waals surface area contributed by atoms with Gasteiger partial charge in [-0.15, -0.1) is 10.2 Å². The van der Waals surface area contributed by atoms with E-state index in [1.54, 1.807) is 0 Å². The molecule has 1 aliphatic heterocycles. The maximum Gasteiger partial charge on any atom is 0.224 e. The summed E-state index contributed by atoms with van der Waals surface area (Å²) >= 11 is 0. The fraction of sp³-hybridized carbons (Fsp3) is 0.429. The van der Waals surface area contributed by atoms with Gasteiger partial charge in [-0.25, -0.2) is 4.98 Å². The van der Waals surface area contributed by atoms with E-state index in [0.717, 1.165) is 65.9 Å². The number of nitrogens with zero attached hydrogens (tertiary/aromatic N) is 5. The molecule has 4 aromatic rings. The Balaban J connectivity index is 1.25. The number of ether oxygens (including phenoxy) is 1. The zero-order chi connectivity index (χ0) is 19.4. The smallest absolute Gasteiger partial charge is 0.224 e. The second-order valence-electron chi connectivity index (χ2n) is 8.25. The molecular weight excluding hydrogens is 366 g/mol. The number of aryl methyl sites for hydroxylation is 1. The Morgan fingerprint density at radius 2 is 2.07 bits per heavy atom. The van der Waals surface area contributed by atoms with Gasteiger partial charge in [-0.2, -0.15) is 4.98 Å². The molecule has 6 rings (SSSR count). The van der Waals surface area contributed by atoms with Crippen LogP contribution in [0.2, 0.25) is 0 Å². The average molecular weight is 389 g/mol. The molecule has 2 N–H and O–H groups in total. The van der Waals surface area contributed by atoms with Gasteiger partial charge in [0.2, 0.25) is 5.95 Å². The predicted octanol–water partition coefficient (Wildman–Crippen LogP) is 3.49. The summed E-state index contributed by atoms with van der Waals surface area (Å²) in [6.45, 7) is 2.88. The van der Waals surface area contributed by atoms with Crippen molar-refractivity contribution in [3.63, 3.8) is 0 Å². The molecule has 29 heavy (non-hydrogen) atoms. The van der Waals surface area contributed by atoms with E-state index in [9.17, 15) is 0 Å². The lowest BCUT2D eigenvalue weighted by Gasteiger charge is -2.46. The third-order valence-electron chi connectivity index (χ3n) is 6.51. The molecule has 1 saturated heterocycles. The molecular formula is C21H23N7O. The molecule has 1 spiro atoms. The van der Waals surface area contributed by atoms with Crippen molar-refractivity contribution in [1.29, 1.82) is 0 Å². The monoisotopic (exact) mass is 389 g/mol. The summed E-state index contributed by atoms with van der Waals surface area (Å²) in [6.07, 6.45) is 11.6. The highest BCUT2D eigenvalue weighted by Gasteiger charge is 2.41. The van der Waals surface area contributed by atoms with E-state index in [-0.39, 0.29) is 5.60 Å². The Kier molecular flexibility index (Phi) is 3.64. The Morgan fingerprint density at radius 1 is 1.21 bits per heavy atom. The Hall–Kier alpha value is -3.00. The van der Waals surface area contributed by atoms with Gasteiger partial charge in [0.25, 0.3) is 0 Å². The highest BCUT2D eigenvalue weighted by atomic mass is 16.5. The van der Waals surface area contributed by atoms with E-state index in [1.807, 2.05) is 29.8 Å². The van der Waals surface area contributed by atoms with Crippen LogP contribution in [0.1, 0.15) is 37.9 Å². The molecule has 0 aromatic carbocycles. The van der Waals surface area contributed by atoms with Crippen molar-refractivity contribution in [1.82, 2.24) is 29.5 Å². The minimum absolute atomic E-state index is 0.182. The average Bonchev–Trinajstić information content (AvgIpc) is 3.30.